The first kappa shape index (κ1) is 18.5. The van der Waals surface area contributed by atoms with Gasteiger partial charge >= 0.3 is 0 Å². The van der Waals surface area contributed by atoms with Crippen LogP contribution in [0.4, 0.5) is 0 Å². The van der Waals surface area contributed by atoms with Crippen LogP contribution in [0.3, 0.4) is 0 Å². The summed E-state index contributed by atoms with van der Waals surface area (Å²) in [5.41, 5.74) is 1.32. The normalized spacial score (nSPS) is 14.7. The molecule has 0 spiro atoms. The summed E-state index contributed by atoms with van der Waals surface area (Å²) in [5.74, 6) is 0.258. The quantitative estimate of drug-likeness (QED) is 0.743. The number of aromatic nitrogens is 1. The molecule has 134 valence electrons. The Labute approximate surface area is 159 Å². The van der Waals surface area contributed by atoms with Crippen LogP contribution in [-0.2, 0) is 16.6 Å². The number of nitrogens with one attached hydrogen (secondary N) is 1. The standard InChI is InChI=1S/C16H18BrN3O3S2/c1-20(2)25(22,23)12-7-3-10(4-8-12)9-18-15(21)13-14(11-5-6-11)24-16(17)19-13/h3-4,7-8,11H,5-6,9H2,1-2H3,(H,18,21). The van der Waals surface area contributed by atoms with E-state index in [1.165, 1.54) is 29.7 Å². The Bertz CT molecular complexity index is 888. The Morgan fingerprint density at radius 3 is 2.52 bits per heavy atom. The van der Waals surface area contributed by atoms with Crippen LogP contribution in [0, 0.1) is 0 Å². The van der Waals surface area contributed by atoms with Crippen LogP contribution < -0.4 is 5.32 Å². The molecule has 1 aliphatic rings. The molecule has 1 N–H and O–H groups in total. The number of rotatable bonds is 6. The van der Waals surface area contributed by atoms with Crippen LogP contribution >= 0.6 is 27.3 Å². The molecule has 6 nitrogen and oxygen atoms in total. The second kappa shape index (κ2) is 7.14. The lowest BCUT2D eigenvalue weighted by atomic mass is 10.2. The van der Waals surface area contributed by atoms with Gasteiger partial charge in [0.15, 0.2) is 3.92 Å². The van der Waals surface area contributed by atoms with Crippen molar-refractivity contribution in [3.63, 3.8) is 0 Å². The lowest BCUT2D eigenvalue weighted by Crippen LogP contribution is -2.24. The molecule has 1 saturated carbocycles. The van der Waals surface area contributed by atoms with Gasteiger partial charge in [-0.3, -0.25) is 4.79 Å². The minimum absolute atomic E-state index is 0.200. The number of carbonyl (C=O) groups excluding carboxylic acids is 1. The largest absolute Gasteiger partial charge is 0.347 e. The van der Waals surface area contributed by atoms with E-state index < -0.39 is 10.0 Å². The number of thiazole rings is 1. The van der Waals surface area contributed by atoms with Crippen molar-refractivity contribution in [3.05, 3.63) is 44.3 Å². The second-order valence-electron chi connectivity index (χ2n) is 6.07. The molecule has 2 aromatic rings. The van der Waals surface area contributed by atoms with Crippen LogP contribution in [0.2, 0.25) is 0 Å². The molecule has 1 aromatic heterocycles. The molecule has 9 heteroatoms. The van der Waals surface area contributed by atoms with Gasteiger partial charge in [-0.05, 0) is 52.4 Å². The van der Waals surface area contributed by atoms with Crippen molar-refractivity contribution in [2.45, 2.75) is 30.2 Å². The van der Waals surface area contributed by atoms with Crippen LogP contribution in [0.5, 0.6) is 0 Å². The summed E-state index contributed by atoms with van der Waals surface area (Å²) in [7, 11) is -0.455. The van der Waals surface area contributed by atoms with Gasteiger partial charge in [-0.15, -0.1) is 11.3 Å². The predicted molar refractivity (Wildman–Crippen MR) is 100 cm³/mol. The highest BCUT2D eigenvalue weighted by molar-refractivity contribution is 9.11. The molecule has 0 atom stereocenters. The van der Waals surface area contributed by atoms with E-state index in [0.29, 0.717) is 18.2 Å². The summed E-state index contributed by atoms with van der Waals surface area (Å²) >= 11 is 4.86. The topological polar surface area (TPSA) is 79.4 Å². The summed E-state index contributed by atoms with van der Waals surface area (Å²) < 4.78 is 26.0. The third kappa shape index (κ3) is 4.11. The van der Waals surface area contributed by atoms with Gasteiger partial charge in [0.05, 0.1) is 4.90 Å². The van der Waals surface area contributed by atoms with E-state index in [-0.39, 0.29) is 10.8 Å². The van der Waals surface area contributed by atoms with E-state index in [0.717, 1.165) is 27.2 Å². The van der Waals surface area contributed by atoms with E-state index in [2.05, 4.69) is 26.2 Å². The Kier molecular flexibility index (Phi) is 5.29. The third-order valence-electron chi connectivity index (χ3n) is 3.95. The maximum atomic E-state index is 12.4. The molecule has 1 aliphatic carbocycles. The molecular formula is C16H18BrN3O3S2. The van der Waals surface area contributed by atoms with Crippen molar-refractivity contribution < 1.29 is 13.2 Å². The summed E-state index contributed by atoms with van der Waals surface area (Å²) in [4.78, 5) is 18.0. The molecule has 0 aliphatic heterocycles. The van der Waals surface area contributed by atoms with Crippen molar-refractivity contribution in [2.24, 2.45) is 0 Å². The Morgan fingerprint density at radius 1 is 1.32 bits per heavy atom. The molecule has 1 amide bonds. The number of benzene rings is 1. The van der Waals surface area contributed by atoms with E-state index >= 15 is 0 Å². The number of halogens is 1. The summed E-state index contributed by atoms with van der Waals surface area (Å²) in [6.07, 6.45) is 2.22. The van der Waals surface area contributed by atoms with E-state index in [1.54, 1.807) is 24.3 Å². The molecule has 1 fully saturated rings. The number of carbonyl (C=O) groups is 1. The zero-order valence-corrected chi connectivity index (χ0v) is 17.0. The highest BCUT2D eigenvalue weighted by Gasteiger charge is 2.31. The number of nitrogens with zero attached hydrogens (tertiary/aromatic N) is 2. The average Bonchev–Trinajstić information content (AvgIpc) is 3.35. The monoisotopic (exact) mass is 443 g/mol. The summed E-state index contributed by atoms with van der Waals surface area (Å²) in [6, 6.07) is 6.50. The zero-order chi connectivity index (χ0) is 18.2. The van der Waals surface area contributed by atoms with Gasteiger partial charge in [0.2, 0.25) is 10.0 Å². The van der Waals surface area contributed by atoms with Crippen molar-refractivity contribution in [1.82, 2.24) is 14.6 Å². The summed E-state index contributed by atoms with van der Waals surface area (Å²) in [6.45, 7) is 0.320. The van der Waals surface area contributed by atoms with Crippen molar-refractivity contribution >= 4 is 43.2 Å². The van der Waals surface area contributed by atoms with E-state index in [1.807, 2.05) is 0 Å². The molecule has 1 aromatic carbocycles. The number of hydrogen-bond acceptors (Lipinski definition) is 5. The Hall–Kier alpha value is -1.29. The lowest BCUT2D eigenvalue weighted by Gasteiger charge is -2.11. The molecule has 0 radical (unpaired) electrons. The predicted octanol–water partition coefficient (Wildman–Crippen LogP) is 2.96. The molecule has 0 unspecified atom stereocenters. The third-order valence-corrected chi connectivity index (χ3v) is 7.44. The lowest BCUT2D eigenvalue weighted by molar-refractivity contribution is 0.0945. The number of hydrogen-bond donors (Lipinski definition) is 1. The first-order valence-corrected chi connectivity index (χ1v) is 10.8. The van der Waals surface area contributed by atoms with Crippen molar-refractivity contribution in [1.29, 1.82) is 0 Å². The maximum Gasteiger partial charge on any atom is 0.271 e. The second-order valence-corrected chi connectivity index (χ2v) is 10.5. The fourth-order valence-corrected chi connectivity index (χ4v) is 4.90. The van der Waals surface area contributed by atoms with Crippen LogP contribution in [0.15, 0.2) is 33.1 Å². The van der Waals surface area contributed by atoms with Crippen LogP contribution in [-0.4, -0.2) is 37.7 Å². The number of amides is 1. The Balaban J connectivity index is 1.67. The fraction of sp³-hybridized carbons (Fsp3) is 0.375. The minimum Gasteiger partial charge on any atom is -0.347 e. The molecule has 3 rings (SSSR count). The highest BCUT2D eigenvalue weighted by Crippen LogP contribution is 2.45. The maximum absolute atomic E-state index is 12.4. The Morgan fingerprint density at radius 2 is 1.96 bits per heavy atom. The summed E-state index contributed by atoms with van der Waals surface area (Å²) in [5, 5.41) is 2.86. The van der Waals surface area contributed by atoms with Gasteiger partial charge < -0.3 is 5.32 Å². The zero-order valence-electron chi connectivity index (χ0n) is 13.8. The smallest absolute Gasteiger partial charge is 0.271 e. The molecule has 25 heavy (non-hydrogen) atoms. The van der Waals surface area contributed by atoms with Crippen LogP contribution in [0.1, 0.15) is 39.7 Å². The first-order chi connectivity index (χ1) is 11.8. The van der Waals surface area contributed by atoms with Crippen molar-refractivity contribution in [2.75, 3.05) is 14.1 Å². The number of sulfonamides is 1. The highest BCUT2D eigenvalue weighted by atomic mass is 79.9. The first-order valence-electron chi connectivity index (χ1n) is 7.75. The fourth-order valence-electron chi connectivity index (χ4n) is 2.35. The van der Waals surface area contributed by atoms with Gasteiger partial charge in [0, 0.05) is 25.5 Å². The molecule has 0 saturated heterocycles. The van der Waals surface area contributed by atoms with Gasteiger partial charge in [-0.2, -0.15) is 0 Å². The van der Waals surface area contributed by atoms with Gasteiger partial charge in [0.1, 0.15) is 5.69 Å². The van der Waals surface area contributed by atoms with Gasteiger partial charge in [-0.1, -0.05) is 12.1 Å². The van der Waals surface area contributed by atoms with Gasteiger partial charge in [-0.25, -0.2) is 17.7 Å². The van der Waals surface area contributed by atoms with E-state index in [9.17, 15) is 13.2 Å². The average molecular weight is 444 g/mol. The molecule has 1 heterocycles. The van der Waals surface area contributed by atoms with Crippen LogP contribution in [0.25, 0.3) is 0 Å². The molecular weight excluding hydrogens is 426 g/mol. The SMILES string of the molecule is CN(C)S(=O)(=O)c1ccc(CNC(=O)c2nc(Br)sc2C2CC2)cc1. The molecule has 0 bridgehead atoms. The minimum atomic E-state index is -3.44. The van der Waals surface area contributed by atoms with Crippen molar-refractivity contribution in [3.8, 4) is 0 Å². The van der Waals surface area contributed by atoms with E-state index in [4.69, 9.17) is 0 Å². The van der Waals surface area contributed by atoms with Gasteiger partial charge in [0.25, 0.3) is 5.91 Å².